The van der Waals surface area contributed by atoms with Crippen LogP contribution in [0.3, 0.4) is 0 Å². The first-order chi connectivity index (χ1) is 15.1. The van der Waals surface area contributed by atoms with Crippen LogP contribution in [0, 0.1) is 5.82 Å². The van der Waals surface area contributed by atoms with Crippen molar-refractivity contribution in [3.63, 3.8) is 0 Å². The van der Waals surface area contributed by atoms with Crippen molar-refractivity contribution in [1.29, 1.82) is 0 Å². The van der Waals surface area contributed by atoms with Gasteiger partial charge in [-0.15, -0.1) is 11.6 Å². The minimum absolute atomic E-state index is 0.0312. The molecule has 0 N–H and O–H groups in total. The summed E-state index contributed by atoms with van der Waals surface area (Å²) in [6.07, 6.45) is 0.717. The molecule has 5 heteroatoms. The van der Waals surface area contributed by atoms with Crippen molar-refractivity contribution < 1.29 is 9.18 Å². The van der Waals surface area contributed by atoms with Crippen LogP contribution in [0.5, 0.6) is 0 Å². The van der Waals surface area contributed by atoms with Gasteiger partial charge in [0.1, 0.15) is 5.82 Å². The summed E-state index contributed by atoms with van der Waals surface area (Å²) in [6, 6.07) is 22.4. The van der Waals surface area contributed by atoms with Crippen molar-refractivity contribution in [2.75, 3.05) is 12.4 Å². The van der Waals surface area contributed by atoms with Gasteiger partial charge in [0.25, 0.3) is 5.91 Å². The summed E-state index contributed by atoms with van der Waals surface area (Å²) < 4.78 is 15.8. The molecule has 1 atom stereocenters. The zero-order chi connectivity index (χ0) is 21.5. The normalized spacial score (nSPS) is 15.6. The van der Waals surface area contributed by atoms with E-state index in [0.717, 1.165) is 38.9 Å². The van der Waals surface area contributed by atoms with E-state index in [4.69, 9.17) is 11.6 Å². The van der Waals surface area contributed by atoms with Crippen LogP contribution in [-0.4, -0.2) is 27.8 Å². The Morgan fingerprint density at radius 2 is 1.68 bits per heavy atom. The smallest absolute Gasteiger partial charge is 0.255 e. The Hall–Kier alpha value is -3.11. The second-order valence-electron chi connectivity index (χ2n) is 7.88. The summed E-state index contributed by atoms with van der Waals surface area (Å²) in [7, 11) is 2.02. The summed E-state index contributed by atoms with van der Waals surface area (Å²) in [5.41, 5.74) is 5.79. The first kappa shape index (κ1) is 19.8. The highest BCUT2D eigenvalue weighted by Gasteiger charge is 2.40. The van der Waals surface area contributed by atoms with Gasteiger partial charge in [-0.1, -0.05) is 36.4 Å². The molecule has 156 valence electrons. The van der Waals surface area contributed by atoms with E-state index in [9.17, 15) is 9.18 Å². The van der Waals surface area contributed by atoms with E-state index >= 15 is 0 Å². The molecule has 31 heavy (non-hydrogen) atoms. The van der Waals surface area contributed by atoms with Crippen LogP contribution in [0.15, 0.2) is 72.8 Å². The summed E-state index contributed by atoms with van der Waals surface area (Å²) >= 11 is 6.00. The lowest BCUT2D eigenvalue weighted by Gasteiger charge is -2.27. The fourth-order valence-electron chi connectivity index (χ4n) is 4.80. The van der Waals surface area contributed by atoms with Crippen LogP contribution in [0.2, 0.25) is 0 Å². The van der Waals surface area contributed by atoms with Gasteiger partial charge in [-0.2, -0.15) is 0 Å². The molecule has 0 radical (unpaired) electrons. The zero-order valence-electron chi connectivity index (χ0n) is 17.2. The average molecular weight is 433 g/mol. The number of fused-ring (bicyclic) bond motifs is 2. The second-order valence-corrected chi connectivity index (χ2v) is 8.25. The molecule has 1 amide bonds. The van der Waals surface area contributed by atoms with Gasteiger partial charge in [-0.25, -0.2) is 4.39 Å². The Balaban J connectivity index is 1.82. The number of amides is 1. The maximum Gasteiger partial charge on any atom is 0.255 e. The van der Waals surface area contributed by atoms with E-state index in [0.29, 0.717) is 18.8 Å². The lowest BCUT2D eigenvalue weighted by molar-refractivity contribution is 0.0751. The molecule has 0 spiro atoms. The van der Waals surface area contributed by atoms with Gasteiger partial charge in [0.2, 0.25) is 0 Å². The lowest BCUT2D eigenvalue weighted by Crippen LogP contribution is -2.30. The van der Waals surface area contributed by atoms with E-state index in [1.165, 1.54) is 12.1 Å². The number of benzene rings is 3. The Morgan fingerprint density at radius 3 is 2.45 bits per heavy atom. The fraction of sp³-hybridized carbons (Fsp3) is 0.192. The SMILES string of the molecule is Cn1c(-c2ccc(F)cc2)c(C2c3ccccc3C(=O)N2CCCCl)c2ccccc21. The van der Waals surface area contributed by atoms with Crippen molar-refractivity contribution in [2.24, 2.45) is 7.05 Å². The highest BCUT2D eigenvalue weighted by Crippen LogP contribution is 2.46. The molecule has 1 unspecified atom stereocenters. The Bertz CT molecular complexity index is 1280. The number of halogens is 2. The maximum absolute atomic E-state index is 13.7. The van der Waals surface area contributed by atoms with E-state index in [1.54, 1.807) is 12.1 Å². The largest absolute Gasteiger partial charge is 0.343 e. The minimum Gasteiger partial charge on any atom is -0.343 e. The lowest BCUT2D eigenvalue weighted by atomic mass is 9.93. The first-order valence-corrected chi connectivity index (χ1v) is 10.9. The molecular formula is C26H22ClFN2O. The molecule has 0 aliphatic carbocycles. The summed E-state index contributed by atoms with van der Waals surface area (Å²) in [4.78, 5) is 15.3. The minimum atomic E-state index is -0.269. The van der Waals surface area contributed by atoms with Crippen LogP contribution in [-0.2, 0) is 7.05 Å². The van der Waals surface area contributed by atoms with Gasteiger partial charge in [-0.05, 0) is 53.9 Å². The molecular weight excluding hydrogens is 411 g/mol. The number of carbonyl (C=O) groups is 1. The van der Waals surface area contributed by atoms with Gasteiger partial charge >= 0.3 is 0 Å². The van der Waals surface area contributed by atoms with E-state index in [1.807, 2.05) is 48.3 Å². The topological polar surface area (TPSA) is 25.2 Å². The number of aromatic nitrogens is 1. The number of nitrogens with zero attached hydrogens (tertiary/aromatic N) is 2. The molecule has 5 rings (SSSR count). The van der Waals surface area contributed by atoms with Crippen LogP contribution >= 0.6 is 11.6 Å². The quantitative estimate of drug-likeness (QED) is 0.347. The molecule has 1 aromatic heterocycles. The molecule has 0 saturated carbocycles. The Kier molecular flexibility index (Phi) is 5.03. The van der Waals surface area contributed by atoms with Crippen LogP contribution < -0.4 is 0 Å². The van der Waals surface area contributed by atoms with Gasteiger partial charge < -0.3 is 9.47 Å². The van der Waals surface area contributed by atoms with Crippen LogP contribution in [0.1, 0.15) is 33.9 Å². The summed E-state index contributed by atoms with van der Waals surface area (Å²) in [5, 5.41) is 1.09. The van der Waals surface area contributed by atoms with Gasteiger partial charge in [-0.3, -0.25) is 4.79 Å². The second kappa shape index (κ2) is 7.86. The Labute approximate surface area is 185 Å². The molecule has 0 saturated heterocycles. The fourth-order valence-corrected chi connectivity index (χ4v) is 4.92. The predicted octanol–water partition coefficient (Wildman–Crippen LogP) is 6.16. The molecule has 3 aromatic carbocycles. The predicted molar refractivity (Wildman–Crippen MR) is 123 cm³/mol. The molecule has 2 heterocycles. The highest BCUT2D eigenvalue weighted by molar-refractivity contribution is 6.17. The molecule has 4 aromatic rings. The van der Waals surface area contributed by atoms with Gasteiger partial charge in [0, 0.05) is 41.5 Å². The molecule has 1 aliphatic heterocycles. The van der Waals surface area contributed by atoms with E-state index < -0.39 is 0 Å². The molecule has 0 bridgehead atoms. The number of hydrogen-bond donors (Lipinski definition) is 0. The van der Waals surface area contributed by atoms with Gasteiger partial charge in [0.15, 0.2) is 0 Å². The van der Waals surface area contributed by atoms with Gasteiger partial charge in [0.05, 0.1) is 11.7 Å². The third-order valence-corrected chi connectivity index (χ3v) is 6.40. The third kappa shape index (κ3) is 3.14. The number of hydrogen-bond acceptors (Lipinski definition) is 1. The van der Waals surface area contributed by atoms with Crippen molar-refractivity contribution in [3.05, 3.63) is 95.3 Å². The van der Waals surface area contributed by atoms with Crippen molar-refractivity contribution in [2.45, 2.75) is 12.5 Å². The monoisotopic (exact) mass is 432 g/mol. The van der Waals surface area contributed by atoms with E-state index in [2.05, 4.69) is 16.7 Å². The van der Waals surface area contributed by atoms with Crippen LogP contribution in [0.4, 0.5) is 4.39 Å². The third-order valence-electron chi connectivity index (χ3n) is 6.13. The number of alkyl halides is 1. The number of aryl methyl sites for hydroxylation is 1. The molecule has 0 fully saturated rings. The Morgan fingerprint density at radius 1 is 0.968 bits per heavy atom. The summed E-state index contributed by atoms with van der Waals surface area (Å²) in [5.74, 6) is 0.255. The molecule has 3 nitrogen and oxygen atoms in total. The van der Waals surface area contributed by atoms with E-state index in [-0.39, 0.29) is 17.8 Å². The molecule has 1 aliphatic rings. The van der Waals surface area contributed by atoms with Crippen LogP contribution in [0.25, 0.3) is 22.2 Å². The highest BCUT2D eigenvalue weighted by atomic mass is 35.5. The maximum atomic E-state index is 13.7. The number of rotatable bonds is 5. The van der Waals surface area contributed by atoms with Crippen molar-refractivity contribution in [3.8, 4) is 11.3 Å². The average Bonchev–Trinajstić information content (AvgIpc) is 3.24. The summed E-state index contributed by atoms with van der Waals surface area (Å²) in [6.45, 7) is 0.577. The van der Waals surface area contributed by atoms with Crippen molar-refractivity contribution in [1.82, 2.24) is 9.47 Å². The first-order valence-electron chi connectivity index (χ1n) is 10.4. The number of carbonyl (C=O) groups excluding carboxylic acids is 1. The van der Waals surface area contributed by atoms with Crippen molar-refractivity contribution >= 4 is 28.4 Å². The standard InChI is InChI=1S/C26H22ClFN2O/c1-29-22-10-5-4-9-21(22)23(24(29)17-11-13-18(28)14-12-17)25-19-7-2-3-8-20(19)26(31)30(25)16-6-15-27/h2-5,7-14,25H,6,15-16H2,1H3. The number of para-hydroxylation sites is 1. The zero-order valence-corrected chi connectivity index (χ0v) is 17.9.